The van der Waals surface area contributed by atoms with E-state index in [0.29, 0.717) is 12.1 Å². The lowest BCUT2D eigenvalue weighted by Gasteiger charge is -2.28. The fourth-order valence-corrected chi connectivity index (χ4v) is 2.74. The monoisotopic (exact) mass is 234 g/mol. The van der Waals surface area contributed by atoms with Crippen LogP contribution in [0.3, 0.4) is 0 Å². The van der Waals surface area contributed by atoms with Crippen LogP contribution in [-0.4, -0.2) is 31.1 Å². The summed E-state index contributed by atoms with van der Waals surface area (Å²) in [5.74, 6) is 0.964. The SMILES string of the molecule is COc1ccccc1CN(C)C1CCCC1N. The minimum Gasteiger partial charge on any atom is -0.496 e. The zero-order chi connectivity index (χ0) is 12.3. The maximum absolute atomic E-state index is 6.13. The summed E-state index contributed by atoms with van der Waals surface area (Å²) in [4.78, 5) is 2.36. The Morgan fingerprint density at radius 3 is 2.76 bits per heavy atom. The molecule has 0 spiro atoms. The Kier molecular flexibility index (Phi) is 4.02. The van der Waals surface area contributed by atoms with E-state index in [-0.39, 0.29) is 0 Å². The van der Waals surface area contributed by atoms with E-state index in [4.69, 9.17) is 10.5 Å². The van der Waals surface area contributed by atoms with Gasteiger partial charge in [-0.25, -0.2) is 0 Å². The Bertz CT molecular complexity index is 367. The standard InChI is InChI=1S/C14H22N2O/c1-16(13-8-5-7-12(13)15)10-11-6-3-4-9-14(11)17-2/h3-4,6,9,12-13H,5,7-8,10,15H2,1-2H3. The van der Waals surface area contributed by atoms with Crippen LogP contribution in [-0.2, 0) is 6.54 Å². The van der Waals surface area contributed by atoms with Gasteiger partial charge in [-0.15, -0.1) is 0 Å². The maximum Gasteiger partial charge on any atom is 0.123 e. The van der Waals surface area contributed by atoms with Crippen molar-refractivity contribution < 1.29 is 4.74 Å². The first-order valence-corrected chi connectivity index (χ1v) is 6.30. The number of para-hydroxylation sites is 1. The molecule has 2 rings (SSSR count). The average molecular weight is 234 g/mol. The zero-order valence-electron chi connectivity index (χ0n) is 10.7. The number of likely N-dealkylation sites (N-methyl/N-ethyl adjacent to an activating group) is 1. The second-order valence-electron chi connectivity index (χ2n) is 4.89. The quantitative estimate of drug-likeness (QED) is 0.866. The first kappa shape index (κ1) is 12.4. The van der Waals surface area contributed by atoms with E-state index in [0.717, 1.165) is 18.7 Å². The number of nitrogens with zero attached hydrogens (tertiary/aromatic N) is 1. The molecule has 2 N–H and O–H groups in total. The van der Waals surface area contributed by atoms with Gasteiger partial charge in [0.2, 0.25) is 0 Å². The van der Waals surface area contributed by atoms with E-state index < -0.39 is 0 Å². The van der Waals surface area contributed by atoms with Crippen LogP contribution in [0.4, 0.5) is 0 Å². The number of methoxy groups -OCH3 is 1. The fraction of sp³-hybridized carbons (Fsp3) is 0.571. The van der Waals surface area contributed by atoms with Gasteiger partial charge in [0.1, 0.15) is 5.75 Å². The van der Waals surface area contributed by atoms with Gasteiger partial charge in [0.05, 0.1) is 7.11 Å². The molecule has 0 radical (unpaired) electrons. The Labute approximate surface area is 104 Å². The Morgan fingerprint density at radius 1 is 1.35 bits per heavy atom. The summed E-state index contributed by atoms with van der Waals surface area (Å²) in [5.41, 5.74) is 7.36. The molecule has 0 aliphatic heterocycles. The van der Waals surface area contributed by atoms with Crippen molar-refractivity contribution in [2.45, 2.75) is 37.9 Å². The number of hydrogen-bond donors (Lipinski definition) is 1. The van der Waals surface area contributed by atoms with Crippen molar-refractivity contribution in [3.63, 3.8) is 0 Å². The Balaban J connectivity index is 2.04. The number of benzene rings is 1. The normalized spacial score (nSPS) is 24.2. The van der Waals surface area contributed by atoms with E-state index in [1.54, 1.807) is 7.11 Å². The number of hydrogen-bond acceptors (Lipinski definition) is 3. The molecule has 1 aliphatic rings. The van der Waals surface area contributed by atoms with Crippen LogP contribution in [0.1, 0.15) is 24.8 Å². The summed E-state index contributed by atoms with van der Waals surface area (Å²) in [6.45, 7) is 0.905. The Hall–Kier alpha value is -1.06. The molecule has 2 unspecified atom stereocenters. The lowest BCUT2D eigenvalue weighted by atomic mass is 10.1. The summed E-state index contributed by atoms with van der Waals surface area (Å²) in [7, 11) is 3.88. The first-order valence-electron chi connectivity index (χ1n) is 6.30. The highest BCUT2D eigenvalue weighted by Gasteiger charge is 2.27. The van der Waals surface area contributed by atoms with Crippen molar-refractivity contribution >= 4 is 0 Å². The van der Waals surface area contributed by atoms with Crippen LogP contribution in [0.15, 0.2) is 24.3 Å². The van der Waals surface area contributed by atoms with Gasteiger partial charge in [-0.2, -0.15) is 0 Å². The molecule has 1 aliphatic carbocycles. The van der Waals surface area contributed by atoms with Crippen LogP contribution in [0.2, 0.25) is 0 Å². The van der Waals surface area contributed by atoms with Crippen molar-refractivity contribution in [1.29, 1.82) is 0 Å². The van der Waals surface area contributed by atoms with Crippen molar-refractivity contribution in [1.82, 2.24) is 4.90 Å². The minimum atomic E-state index is 0.328. The van der Waals surface area contributed by atoms with Gasteiger partial charge in [-0.3, -0.25) is 4.90 Å². The van der Waals surface area contributed by atoms with Crippen molar-refractivity contribution in [3.05, 3.63) is 29.8 Å². The second kappa shape index (κ2) is 5.52. The first-order chi connectivity index (χ1) is 8.22. The van der Waals surface area contributed by atoms with Gasteiger partial charge in [0.25, 0.3) is 0 Å². The molecule has 2 atom stereocenters. The predicted octanol–water partition coefficient (Wildman–Crippen LogP) is 2.01. The van der Waals surface area contributed by atoms with E-state index in [1.807, 2.05) is 12.1 Å². The summed E-state index contributed by atoms with van der Waals surface area (Å²) in [6.07, 6.45) is 3.62. The molecule has 1 fully saturated rings. The molecule has 3 heteroatoms. The van der Waals surface area contributed by atoms with Crippen LogP contribution in [0.5, 0.6) is 5.75 Å². The van der Waals surface area contributed by atoms with E-state index in [2.05, 4.69) is 24.1 Å². The van der Waals surface area contributed by atoms with Crippen molar-refractivity contribution in [3.8, 4) is 5.75 Å². The van der Waals surface area contributed by atoms with E-state index >= 15 is 0 Å². The lowest BCUT2D eigenvalue weighted by Crippen LogP contribution is -2.41. The van der Waals surface area contributed by atoms with Gasteiger partial charge in [0, 0.05) is 24.2 Å². The van der Waals surface area contributed by atoms with Crippen molar-refractivity contribution in [2.75, 3.05) is 14.2 Å². The van der Waals surface area contributed by atoms with Gasteiger partial charge in [-0.05, 0) is 26.0 Å². The smallest absolute Gasteiger partial charge is 0.123 e. The summed E-state index contributed by atoms with van der Waals surface area (Å²) >= 11 is 0. The van der Waals surface area contributed by atoms with Gasteiger partial charge >= 0.3 is 0 Å². The zero-order valence-corrected chi connectivity index (χ0v) is 10.7. The lowest BCUT2D eigenvalue weighted by molar-refractivity contribution is 0.218. The molecule has 0 bridgehead atoms. The highest BCUT2D eigenvalue weighted by atomic mass is 16.5. The van der Waals surface area contributed by atoms with Crippen LogP contribution in [0.25, 0.3) is 0 Å². The average Bonchev–Trinajstić information content (AvgIpc) is 2.76. The summed E-state index contributed by atoms with van der Waals surface area (Å²) < 4.78 is 5.38. The molecular weight excluding hydrogens is 212 g/mol. The number of ether oxygens (including phenoxy) is 1. The van der Waals surface area contributed by atoms with Gasteiger partial charge in [-0.1, -0.05) is 24.6 Å². The molecule has 0 saturated heterocycles. The van der Waals surface area contributed by atoms with Crippen LogP contribution < -0.4 is 10.5 Å². The topological polar surface area (TPSA) is 38.5 Å². The van der Waals surface area contributed by atoms with Crippen LogP contribution >= 0.6 is 0 Å². The third-order valence-electron chi connectivity index (χ3n) is 3.71. The third kappa shape index (κ3) is 2.79. The fourth-order valence-electron chi connectivity index (χ4n) is 2.74. The molecule has 0 aromatic heterocycles. The molecule has 1 saturated carbocycles. The van der Waals surface area contributed by atoms with Gasteiger partial charge in [0.15, 0.2) is 0 Å². The van der Waals surface area contributed by atoms with E-state index in [1.165, 1.54) is 18.4 Å². The molecule has 1 aromatic rings. The highest BCUT2D eigenvalue weighted by Crippen LogP contribution is 2.25. The molecule has 0 heterocycles. The molecule has 3 nitrogen and oxygen atoms in total. The molecule has 94 valence electrons. The molecular formula is C14H22N2O. The molecule has 1 aromatic carbocycles. The van der Waals surface area contributed by atoms with Crippen molar-refractivity contribution in [2.24, 2.45) is 5.73 Å². The van der Waals surface area contributed by atoms with Crippen LogP contribution in [0, 0.1) is 0 Å². The maximum atomic E-state index is 6.13. The highest BCUT2D eigenvalue weighted by molar-refractivity contribution is 5.33. The Morgan fingerprint density at radius 2 is 2.12 bits per heavy atom. The minimum absolute atomic E-state index is 0.328. The largest absolute Gasteiger partial charge is 0.496 e. The second-order valence-corrected chi connectivity index (χ2v) is 4.89. The summed E-state index contributed by atoms with van der Waals surface area (Å²) in [5, 5.41) is 0. The molecule has 0 amide bonds. The molecule has 17 heavy (non-hydrogen) atoms. The third-order valence-corrected chi connectivity index (χ3v) is 3.71. The van der Waals surface area contributed by atoms with E-state index in [9.17, 15) is 0 Å². The number of nitrogens with two attached hydrogens (primary N) is 1. The van der Waals surface area contributed by atoms with Gasteiger partial charge < -0.3 is 10.5 Å². The number of rotatable bonds is 4. The summed E-state index contributed by atoms with van der Waals surface area (Å²) in [6, 6.07) is 9.03. The predicted molar refractivity (Wildman–Crippen MR) is 70.1 cm³/mol.